The average Bonchev–Trinajstić information content (AvgIpc) is 3.16. The van der Waals surface area contributed by atoms with Crippen molar-refractivity contribution in [2.45, 2.75) is 60.0 Å². The molecule has 7 nitrogen and oxygen atoms in total. The lowest BCUT2D eigenvalue weighted by molar-refractivity contribution is -0.112. The number of aliphatic hydroxyl groups is 1. The van der Waals surface area contributed by atoms with E-state index >= 15 is 0 Å². The summed E-state index contributed by atoms with van der Waals surface area (Å²) in [5, 5.41) is 8.36. The first-order chi connectivity index (χ1) is 15.0. The van der Waals surface area contributed by atoms with Crippen LogP contribution in [0.4, 0.5) is 0 Å². The molecular weight excluding hydrogens is 400 g/mol. The summed E-state index contributed by atoms with van der Waals surface area (Å²) in [7, 11) is 0. The first-order valence-electron chi connectivity index (χ1n) is 11.0. The topological polar surface area (TPSA) is 83.5 Å². The normalized spacial score (nSPS) is 12.5. The molecule has 0 fully saturated rings. The second kappa shape index (κ2) is 16.6. The van der Waals surface area contributed by atoms with Gasteiger partial charge >= 0.3 is 0 Å². The van der Waals surface area contributed by atoms with Crippen molar-refractivity contribution in [3.8, 4) is 11.5 Å². The standard InChI is InChI=1S/C19H30O5.C5H8O2/c1-3-5-7-20-8-9-21-10-11-22-14-17-13-19-18(23-15-24-19)12-16(17)6-4-2;1-4(6)3-5(2)7/h12-13H,3-11,14-15H2,1-2H3;3,6H,1-2H3/b;4-3-. The molecule has 7 heteroatoms. The van der Waals surface area contributed by atoms with Crippen molar-refractivity contribution in [2.24, 2.45) is 0 Å². The second-order valence-corrected chi connectivity index (χ2v) is 7.25. The van der Waals surface area contributed by atoms with Crippen LogP contribution in [-0.4, -0.2) is 50.7 Å². The number of carbonyl (C=O) groups excluding carboxylic acids is 1. The molecule has 176 valence electrons. The maximum atomic E-state index is 10.0. The Bertz CT molecular complexity index is 666. The molecule has 1 N–H and O–H groups in total. The number of carbonyl (C=O) groups is 1. The average molecular weight is 439 g/mol. The van der Waals surface area contributed by atoms with Crippen LogP contribution in [0.25, 0.3) is 0 Å². The van der Waals surface area contributed by atoms with E-state index in [0.29, 0.717) is 39.8 Å². The molecule has 1 aliphatic rings. The summed E-state index contributed by atoms with van der Waals surface area (Å²) in [5.74, 6) is 1.59. The van der Waals surface area contributed by atoms with Crippen LogP contribution >= 0.6 is 0 Å². The summed E-state index contributed by atoms with van der Waals surface area (Å²) in [6, 6.07) is 4.12. The van der Waals surface area contributed by atoms with E-state index in [1.807, 2.05) is 6.07 Å². The van der Waals surface area contributed by atoms with Crippen LogP contribution in [0.15, 0.2) is 24.0 Å². The van der Waals surface area contributed by atoms with Gasteiger partial charge in [-0.2, -0.15) is 0 Å². The third-order valence-corrected chi connectivity index (χ3v) is 4.27. The Labute approximate surface area is 186 Å². The van der Waals surface area contributed by atoms with Gasteiger partial charge in [0.25, 0.3) is 0 Å². The van der Waals surface area contributed by atoms with Crippen molar-refractivity contribution in [1.82, 2.24) is 0 Å². The molecule has 2 rings (SSSR count). The molecule has 0 radical (unpaired) electrons. The summed E-state index contributed by atoms with van der Waals surface area (Å²) in [6.45, 7) is 11.3. The lowest BCUT2D eigenvalue weighted by Crippen LogP contribution is -2.10. The molecule has 0 atom stereocenters. The highest BCUT2D eigenvalue weighted by Gasteiger charge is 2.16. The van der Waals surface area contributed by atoms with Gasteiger partial charge in [-0.1, -0.05) is 26.7 Å². The van der Waals surface area contributed by atoms with Crippen LogP contribution in [0, 0.1) is 0 Å². The first kappa shape index (κ1) is 26.9. The van der Waals surface area contributed by atoms with E-state index < -0.39 is 0 Å². The van der Waals surface area contributed by atoms with E-state index in [9.17, 15) is 4.79 Å². The maximum absolute atomic E-state index is 10.0. The molecule has 0 aromatic heterocycles. The largest absolute Gasteiger partial charge is 0.512 e. The van der Waals surface area contributed by atoms with Crippen LogP contribution in [0.3, 0.4) is 0 Å². The summed E-state index contributed by atoms with van der Waals surface area (Å²) in [5.41, 5.74) is 2.44. The quantitative estimate of drug-likeness (QED) is 0.255. The smallest absolute Gasteiger partial charge is 0.231 e. The van der Waals surface area contributed by atoms with E-state index in [-0.39, 0.29) is 11.5 Å². The number of ether oxygens (including phenoxy) is 5. The number of aliphatic hydroxyl groups excluding tert-OH is 1. The lowest BCUT2D eigenvalue weighted by Gasteiger charge is -2.11. The lowest BCUT2D eigenvalue weighted by atomic mass is 10.0. The Morgan fingerprint density at radius 2 is 1.52 bits per heavy atom. The van der Waals surface area contributed by atoms with E-state index in [1.165, 1.54) is 31.1 Å². The van der Waals surface area contributed by atoms with Crippen molar-refractivity contribution in [1.29, 1.82) is 0 Å². The minimum Gasteiger partial charge on any atom is -0.512 e. The third kappa shape index (κ3) is 12.4. The summed E-state index contributed by atoms with van der Waals surface area (Å²) in [6.07, 6.45) is 5.54. The van der Waals surface area contributed by atoms with Crippen LogP contribution in [0.1, 0.15) is 58.1 Å². The van der Waals surface area contributed by atoms with E-state index in [4.69, 9.17) is 28.8 Å². The summed E-state index contributed by atoms with van der Waals surface area (Å²) >= 11 is 0. The van der Waals surface area contributed by atoms with Gasteiger partial charge in [0, 0.05) is 12.7 Å². The van der Waals surface area contributed by atoms with Crippen LogP contribution in [0.2, 0.25) is 0 Å². The van der Waals surface area contributed by atoms with Crippen LogP contribution in [-0.2, 0) is 32.0 Å². The van der Waals surface area contributed by atoms with Gasteiger partial charge in [-0.15, -0.1) is 0 Å². The minimum absolute atomic E-state index is 0.0625. The fraction of sp³-hybridized carbons (Fsp3) is 0.625. The molecule has 0 unspecified atom stereocenters. The number of hydrogen-bond acceptors (Lipinski definition) is 7. The Balaban J connectivity index is 0.000000592. The van der Waals surface area contributed by atoms with Gasteiger partial charge in [0.15, 0.2) is 17.3 Å². The summed E-state index contributed by atoms with van der Waals surface area (Å²) < 4.78 is 27.6. The monoisotopic (exact) mass is 438 g/mol. The number of fused-ring (bicyclic) bond motifs is 1. The molecule has 0 amide bonds. The zero-order chi connectivity index (χ0) is 22.9. The zero-order valence-electron chi connectivity index (χ0n) is 19.4. The molecule has 0 saturated carbocycles. The summed E-state index contributed by atoms with van der Waals surface area (Å²) in [4.78, 5) is 10.0. The van der Waals surface area contributed by atoms with Gasteiger partial charge in [0.05, 0.1) is 38.8 Å². The number of hydrogen-bond donors (Lipinski definition) is 1. The minimum atomic E-state index is -0.125. The third-order valence-electron chi connectivity index (χ3n) is 4.27. The Morgan fingerprint density at radius 1 is 0.935 bits per heavy atom. The molecule has 1 aromatic carbocycles. The fourth-order valence-corrected chi connectivity index (χ4v) is 2.83. The van der Waals surface area contributed by atoms with Crippen molar-refractivity contribution < 1.29 is 33.6 Å². The fourth-order valence-electron chi connectivity index (χ4n) is 2.83. The molecule has 1 heterocycles. The molecule has 0 saturated heterocycles. The predicted octanol–water partition coefficient (Wildman–Crippen LogP) is 4.75. The van der Waals surface area contributed by atoms with Gasteiger partial charge in [0.1, 0.15) is 0 Å². The van der Waals surface area contributed by atoms with Crippen molar-refractivity contribution in [3.05, 3.63) is 35.1 Å². The Hall–Kier alpha value is -2.09. The highest BCUT2D eigenvalue weighted by Crippen LogP contribution is 2.35. The first-order valence-corrected chi connectivity index (χ1v) is 11.0. The van der Waals surface area contributed by atoms with Gasteiger partial charge < -0.3 is 28.8 Å². The number of allylic oxidation sites excluding steroid dienone is 2. The zero-order valence-corrected chi connectivity index (χ0v) is 19.4. The molecule has 1 aromatic rings. The number of benzene rings is 1. The van der Waals surface area contributed by atoms with Crippen molar-refractivity contribution in [2.75, 3.05) is 39.8 Å². The van der Waals surface area contributed by atoms with E-state index in [0.717, 1.165) is 43.8 Å². The SMILES string of the molecule is CC(=O)/C=C(/C)O.CCCCOCCOCCOCc1cc2c(cc1CCC)OCO2. The van der Waals surface area contributed by atoms with Crippen LogP contribution < -0.4 is 9.47 Å². The molecule has 0 spiro atoms. The second-order valence-electron chi connectivity index (χ2n) is 7.25. The number of aryl methyl sites for hydroxylation is 1. The van der Waals surface area contributed by atoms with Crippen LogP contribution in [0.5, 0.6) is 11.5 Å². The van der Waals surface area contributed by atoms with Crippen molar-refractivity contribution in [3.63, 3.8) is 0 Å². The van der Waals surface area contributed by atoms with Gasteiger partial charge in [0.2, 0.25) is 6.79 Å². The van der Waals surface area contributed by atoms with Gasteiger partial charge in [-0.25, -0.2) is 0 Å². The Morgan fingerprint density at radius 3 is 2.03 bits per heavy atom. The Kier molecular flexibility index (Phi) is 14.4. The number of rotatable bonds is 14. The van der Waals surface area contributed by atoms with E-state index in [1.54, 1.807) is 0 Å². The van der Waals surface area contributed by atoms with Gasteiger partial charge in [-0.05, 0) is 49.9 Å². The predicted molar refractivity (Wildman–Crippen MR) is 120 cm³/mol. The number of unbranched alkanes of at least 4 members (excludes halogenated alkanes) is 1. The van der Waals surface area contributed by atoms with E-state index in [2.05, 4.69) is 19.9 Å². The maximum Gasteiger partial charge on any atom is 0.231 e. The highest BCUT2D eigenvalue weighted by atomic mass is 16.7. The van der Waals surface area contributed by atoms with Crippen molar-refractivity contribution >= 4 is 5.78 Å². The molecule has 0 aliphatic carbocycles. The number of ketones is 1. The molecule has 0 bridgehead atoms. The molecular formula is C24H38O7. The molecule has 31 heavy (non-hydrogen) atoms. The van der Waals surface area contributed by atoms with Gasteiger partial charge in [-0.3, -0.25) is 4.79 Å². The molecule has 1 aliphatic heterocycles. The highest BCUT2D eigenvalue weighted by molar-refractivity contribution is 5.87.